The van der Waals surface area contributed by atoms with E-state index in [1.807, 2.05) is 30.5 Å². The number of amides is 1. The van der Waals surface area contributed by atoms with Crippen LogP contribution in [0.2, 0.25) is 0 Å². The van der Waals surface area contributed by atoms with Crippen molar-refractivity contribution in [2.75, 3.05) is 11.6 Å². The van der Waals surface area contributed by atoms with Gasteiger partial charge < -0.3 is 10.1 Å². The lowest BCUT2D eigenvalue weighted by Crippen LogP contribution is -2.30. The average molecular weight is 344 g/mol. The van der Waals surface area contributed by atoms with Gasteiger partial charge in [0.15, 0.2) is 6.10 Å². The van der Waals surface area contributed by atoms with E-state index >= 15 is 0 Å². The minimum absolute atomic E-state index is 0.358. The van der Waals surface area contributed by atoms with E-state index in [2.05, 4.69) is 17.2 Å². The summed E-state index contributed by atoms with van der Waals surface area (Å²) in [6.07, 6.45) is 3.47. The minimum atomic E-state index is -0.904. The summed E-state index contributed by atoms with van der Waals surface area (Å²) in [5, 5.41) is 3.32. The van der Waals surface area contributed by atoms with Gasteiger partial charge in [-0.15, -0.1) is 11.8 Å². The number of anilines is 1. The Kier molecular flexibility index (Phi) is 6.37. The third-order valence-electron chi connectivity index (χ3n) is 3.47. The monoisotopic (exact) mass is 344 g/mol. The van der Waals surface area contributed by atoms with Crippen LogP contribution < -0.4 is 5.32 Å². The van der Waals surface area contributed by atoms with Crippen molar-refractivity contribution in [1.82, 2.24) is 4.98 Å². The first-order valence-electron chi connectivity index (χ1n) is 7.65. The lowest BCUT2D eigenvalue weighted by atomic mass is 10.1. The highest BCUT2D eigenvalue weighted by molar-refractivity contribution is 7.98. The van der Waals surface area contributed by atoms with E-state index in [-0.39, 0.29) is 5.91 Å². The maximum absolute atomic E-state index is 12.2. The molecule has 0 spiro atoms. The van der Waals surface area contributed by atoms with Crippen molar-refractivity contribution in [2.45, 2.75) is 31.4 Å². The van der Waals surface area contributed by atoms with Crippen molar-refractivity contribution in [3.63, 3.8) is 0 Å². The molecule has 1 aromatic heterocycles. The maximum atomic E-state index is 12.2. The Morgan fingerprint density at radius 3 is 2.58 bits per heavy atom. The molecule has 5 nitrogen and oxygen atoms in total. The molecular weight excluding hydrogens is 324 g/mol. The van der Waals surface area contributed by atoms with E-state index in [9.17, 15) is 9.59 Å². The fourth-order valence-electron chi connectivity index (χ4n) is 2.05. The van der Waals surface area contributed by atoms with Crippen molar-refractivity contribution >= 4 is 29.3 Å². The number of benzene rings is 1. The fraction of sp³-hybridized carbons (Fsp3) is 0.278. The van der Waals surface area contributed by atoms with Gasteiger partial charge in [-0.3, -0.25) is 4.79 Å². The summed E-state index contributed by atoms with van der Waals surface area (Å²) in [6.45, 7) is 3.61. The number of pyridine rings is 1. The van der Waals surface area contributed by atoms with Crippen LogP contribution in [0.25, 0.3) is 0 Å². The molecule has 0 aliphatic rings. The summed E-state index contributed by atoms with van der Waals surface area (Å²) in [6, 6.07) is 10.9. The van der Waals surface area contributed by atoms with Gasteiger partial charge in [0.1, 0.15) is 5.03 Å². The number of rotatable bonds is 6. The zero-order valence-electron chi connectivity index (χ0n) is 13.9. The quantitative estimate of drug-likeness (QED) is 0.641. The molecule has 0 saturated carbocycles. The Labute approximate surface area is 145 Å². The predicted molar refractivity (Wildman–Crippen MR) is 95.3 cm³/mol. The molecule has 1 heterocycles. The number of aryl methyl sites for hydroxylation is 1. The number of thioether (sulfide) groups is 1. The molecule has 6 heteroatoms. The zero-order chi connectivity index (χ0) is 17.5. The van der Waals surface area contributed by atoms with Gasteiger partial charge in [-0.1, -0.05) is 19.1 Å². The van der Waals surface area contributed by atoms with Gasteiger partial charge in [0.2, 0.25) is 0 Å². The van der Waals surface area contributed by atoms with E-state index in [1.165, 1.54) is 17.3 Å². The van der Waals surface area contributed by atoms with Crippen LogP contribution in [0, 0.1) is 0 Å². The highest BCUT2D eigenvalue weighted by Gasteiger charge is 2.21. The number of ether oxygens (including phenoxy) is 1. The molecule has 0 aliphatic heterocycles. The SMILES string of the molecule is CCc1ccc(NC(=O)[C@@H](C)OC(=O)c2cccnc2SC)cc1. The van der Waals surface area contributed by atoms with E-state index in [1.54, 1.807) is 25.3 Å². The maximum Gasteiger partial charge on any atom is 0.341 e. The van der Waals surface area contributed by atoms with Gasteiger partial charge >= 0.3 is 5.97 Å². The topological polar surface area (TPSA) is 68.3 Å². The Morgan fingerprint density at radius 1 is 1.25 bits per heavy atom. The third-order valence-corrected chi connectivity index (χ3v) is 4.18. The van der Waals surface area contributed by atoms with Gasteiger partial charge in [-0.2, -0.15) is 0 Å². The Hall–Kier alpha value is -2.34. The van der Waals surface area contributed by atoms with Crippen molar-refractivity contribution < 1.29 is 14.3 Å². The highest BCUT2D eigenvalue weighted by Crippen LogP contribution is 2.18. The second-order valence-corrected chi connectivity index (χ2v) is 5.94. The van der Waals surface area contributed by atoms with E-state index in [4.69, 9.17) is 4.74 Å². The Balaban J connectivity index is 1.98. The summed E-state index contributed by atoms with van der Waals surface area (Å²) in [7, 11) is 0. The fourth-order valence-corrected chi connectivity index (χ4v) is 2.59. The molecular formula is C18H20N2O3S. The lowest BCUT2D eigenvalue weighted by Gasteiger charge is -2.14. The molecule has 126 valence electrons. The third kappa shape index (κ3) is 4.58. The van der Waals surface area contributed by atoms with Gasteiger partial charge in [-0.25, -0.2) is 9.78 Å². The second kappa shape index (κ2) is 8.49. The Bertz CT molecular complexity index is 716. The normalized spacial score (nSPS) is 11.6. The summed E-state index contributed by atoms with van der Waals surface area (Å²) in [5.41, 5.74) is 2.22. The molecule has 1 aromatic carbocycles. The number of esters is 1. The smallest absolute Gasteiger partial charge is 0.341 e. The first kappa shape index (κ1) is 18.0. The molecule has 2 aromatic rings. The first-order valence-corrected chi connectivity index (χ1v) is 8.87. The molecule has 24 heavy (non-hydrogen) atoms. The van der Waals surface area contributed by atoms with Crippen LogP contribution >= 0.6 is 11.8 Å². The molecule has 0 aliphatic carbocycles. The molecule has 0 bridgehead atoms. The van der Waals surface area contributed by atoms with Gasteiger partial charge in [0.05, 0.1) is 5.56 Å². The van der Waals surface area contributed by atoms with Gasteiger partial charge in [0, 0.05) is 11.9 Å². The van der Waals surface area contributed by atoms with Crippen LogP contribution in [0.5, 0.6) is 0 Å². The van der Waals surface area contributed by atoms with Crippen LogP contribution in [0.15, 0.2) is 47.6 Å². The van der Waals surface area contributed by atoms with E-state index < -0.39 is 12.1 Å². The zero-order valence-corrected chi connectivity index (χ0v) is 14.7. The van der Waals surface area contributed by atoms with Crippen molar-refractivity contribution in [2.24, 2.45) is 0 Å². The molecule has 2 rings (SSSR count). The summed E-state index contributed by atoms with van der Waals surface area (Å²) < 4.78 is 5.25. The summed E-state index contributed by atoms with van der Waals surface area (Å²) >= 11 is 1.35. The molecule has 0 unspecified atom stereocenters. The number of nitrogens with one attached hydrogen (secondary N) is 1. The summed E-state index contributed by atoms with van der Waals surface area (Å²) in [4.78, 5) is 28.5. The Morgan fingerprint density at radius 2 is 1.96 bits per heavy atom. The van der Waals surface area contributed by atoms with Crippen LogP contribution in [0.3, 0.4) is 0 Å². The minimum Gasteiger partial charge on any atom is -0.449 e. The van der Waals surface area contributed by atoms with Crippen molar-refractivity contribution in [3.8, 4) is 0 Å². The number of carbonyl (C=O) groups is 2. The summed E-state index contributed by atoms with van der Waals surface area (Å²) in [5.74, 6) is -0.932. The number of hydrogen-bond donors (Lipinski definition) is 1. The van der Waals surface area contributed by atoms with E-state index in [0.717, 1.165) is 6.42 Å². The largest absolute Gasteiger partial charge is 0.449 e. The molecule has 1 amide bonds. The van der Waals surface area contributed by atoms with Crippen LogP contribution in [-0.2, 0) is 16.0 Å². The van der Waals surface area contributed by atoms with Crippen LogP contribution in [-0.4, -0.2) is 29.2 Å². The predicted octanol–water partition coefficient (Wildman–Crippen LogP) is 3.55. The number of nitrogens with zero attached hydrogens (tertiary/aromatic N) is 1. The number of aromatic nitrogens is 1. The average Bonchev–Trinajstić information content (AvgIpc) is 2.62. The molecule has 0 radical (unpaired) electrons. The molecule has 1 atom stereocenters. The van der Waals surface area contributed by atoms with Gasteiger partial charge in [0.25, 0.3) is 5.91 Å². The second-order valence-electron chi connectivity index (χ2n) is 5.15. The first-order chi connectivity index (χ1) is 11.5. The van der Waals surface area contributed by atoms with Crippen LogP contribution in [0.1, 0.15) is 29.8 Å². The molecule has 0 fully saturated rings. The standard InChI is InChI=1S/C18H20N2O3S/c1-4-13-7-9-14(10-8-13)20-16(21)12(2)23-18(22)15-6-5-11-19-17(15)24-3/h5-12H,4H2,1-3H3,(H,20,21)/t12-/m1/s1. The highest BCUT2D eigenvalue weighted by atomic mass is 32.2. The molecule has 1 N–H and O–H groups in total. The van der Waals surface area contributed by atoms with E-state index in [0.29, 0.717) is 16.3 Å². The molecule has 0 saturated heterocycles. The number of carbonyl (C=O) groups excluding carboxylic acids is 2. The lowest BCUT2D eigenvalue weighted by molar-refractivity contribution is -0.123. The number of hydrogen-bond acceptors (Lipinski definition) is 5. The van der Waals surface area contributed by atoms with Crippen molar-refractivity contribution in [1.29, 1.82) is 0 Å². The van der Waals surface area contributed by atoms with Crippen molar-refractivity contribution in [3.05, 3.63) is 53.7 Å². The van der Waals surface area contributed by atoms with Crippen LogP contribution in [0.4, 0.5) is 5.69 Å². The van der Waals surface area contributed by atoms with Gasteiger partial charge in [-0.05, 0) is 49.4 Å².